The van der Waals surface area contributed by atoms with Gasteiger partial charge in [-0.25, -0.2) is 26.5 Å². The van der Waals surface area contributed by atoms with E-state index in [-0.39, 0.29) is 18.4 Å². The summed E-state index contributed by atoms with van der Waals surface area (Å²) in [6.45, 7) is 2.56. The smallest absolute Gasteiger partial charge is 0.250 e. The molecule has 150 valence electrons. The van der Waals surface area contributed by atoms with Crippen LogP contribution in [0.1, 0.15) is 37.9 Å². The Balaban J connectivity index is 1.51. The van der Waals surface area contributed by atoms with Crippen LogP contribution in [0, 0.1) is 5.92 Å². The quantitative estimate of drug-likeness (QED) is 0.711. The Morgan fingerprint density at radius 2 is 2.07 bits per heavy atom. The van der Waals surface area contributed by atoms with E-state index in [9.17, 15) is 17.2 Å². The molecular formula is C17H20F2N6O2S. The molecule has 0 aromatic carbocycles. The van der Waals surface area contributed by atoms with Crippen molar-refractivity contribution in [3.8, 4) is 0 Å². The third-order valence-corrected chi connectivity index (χ3v) is 8.26. The number of halogens is 2. The molecule has 4 heterocycles. The number of aromatic nitrogens is 5. The molecule has 0 spiro atoms. The van der Waals surface area contributed by atoms with Gasteiger partial charge in [0.2, 0.25) is 10.0 Å². The number of sulfonamides is 1. The van der Waals surface area contributed by atoms with Crippen molar-refractivity contribution in [3.05, 3.63) is 24.3 Å². The molecule has 11 heteroatoms. The second kappa shape index (κ2) is 5.93. The third-order valence-electron chi connectivity index (χ3n) is 6.06. The van der Waals surface area contributed by atoms with Crippen LogP contribution in [-0.2, 0) is 10.0 Å². The first-order chi connectivity index (χ1) is 13.3. The first kappa shape index (κ1) is 17.9. The Kier molecular flexibility index (Phi) is 3.80. The van der Waals surface area contributed by atoms with E-state index in [2.05, 4.69) is 20.2 Å². The summed E-state index contributed by atoms with van der Waals surface area (Å²) in [7, 11) is -3.75. The lowest BCUT2D eigenvalue weighted by molar-refractivity contribution is -0.0694. The molecule has 2 aliphatic rings. The van der Waals surface area contributed by atoms with Crippen LogP contribution in [0.5, 0.6) is 0 Å². The number of alkyl halides is 2. The van der Waals surface area contributed by atoms with Crippen molar-refractivity contribution in [3.63, 3.8) is 0 Å². The first-order valence-corrected chi connectivity index (χ1v) is 10.8. The summed E-state index contributed by atoms with van der Waals surface area (Å²) < 4.78 is 55.4. The van der Waals surface area contributed by atoms with Crippen molar-refractivity contribution in [1.82, 2.24) is 28.9 Å². The minimum Gasteiger partial charge on any atom is -0.345 e. The van der Waals surface area contributed by atoms with Gasteiger partial charge in [0.25, 0.3) is 5.92 Å². The first-order valence-electron chi connectivity index (χ1n) is 9.34. The fraction of sp³-hybridized carbons (Fsp3) is 0.588. The summed E-state index contributed by atoms with van der Waals surface area (Å²) in [5.74, 6) is -2.29. The third kappa shape index (κ3) is 2.55. The largest absolute Gasteiger partial charge is 0.345 e. The maximum atomic E-state index is 13.2. The monoisotopic (exact) mass is 410 g/mol. The second-order valence-electron chi connectivity index (χ2n) is 7.74. The number of nitrogens with one attached hydrogen (secondary N) is 1. The minimum absolute atomic E-state index is 0.0462. The van der Waals surface area contributed by atoms with Crippen LogP contribution >= 0.6 is 0 Å². The molecule has 0 bridgehead atoms. The fourth-order valence-corrected chi connectivity index (χ4v) is 6.51. The number of fused-ring (bicyclic) bond motifs is 3. The summed E-state index contributed by atoms with van der Waals surface area (Å²) in [5, 5.41) is 7.55. The Labute approximate surface area is 160 Å². The normalized spacial score (nSPS) is 26.2. The molecule has 2 unspecified atom stereocenters. The molecule has 1 N–H and O–H groups in total. The van der Waals surface area contributed by atoms with E-state index in [1.54, 1.807) is 12.4 Å². The van der Waals surface area contributed by atoms with Crippen LogP contribution in [0.2, 0.25) is 0 Å². The lowest BCUT2D eigenvalue weighted by Gasteiger charge is -2.36. The van der Waals surface area contributed by atoms with Crippen LogP contribution in [0.3, 0.4) is 0 Å². The lowest BCUT2D eigenvalue weighted by atomic mass is 9.93. The van der Waals surface area contributed by atoms with Gasteiger partial charge in [0, 0.05) is 38.0 Å². The fourth-order valence-electron chi connectivity index (χ4n) is 4.41. The molecule has 2 atom stereocenters. The molecule has 0 amide bonds. The predicted molar refractivity (Wildman–Crippen MR) is 97.6 cm³/mol. The summed E-state index contributed by atoms with van der Waals surface area (Å²) in [6.07, 6.45) is 2.98. The van der Waals surface area contributed by atoms with Crippen molar-refractivity contribution in [2.45, 2.75) is 43.3 Å². The molecule has 3 aromatic rings. The van der Waals surface area contributed by atoms with Gasteiger partial charge in [-0.2, -0.15) is 0 Å². The van der Waals surface area contributed by atoms with E-state index in [0.717, 1.165) is 11.9 Å². The van der Waals surface area contributed by atoms with Crippen molar-refractivity contribution >= 4 is 26.8 Å². The highest BCUT2D eigenvalue weighted by Gasteiger charge is 2.54. The van der Waals surface area contributed by atoms with Gasteiger partial charge >= 0.3 is 0 Å². The number of hydrogen-bond donors (Lipinski definition) is 1. The van der Waals surface area contributed by atoms with E-state index in [1.165, 1.54) is 4.31 Å². The maximum Gasteiger partial charge on any atom is 0.250 e. The molecule has 5 rings (SSSR count). The zero-order valence-corrected chi connectivity index (χ0v) is 16.0. The molecule has 28 heavy (non-hydrogen) atoms. The molecule has 2 fully saturated rings. The molecule has 1 aliphatic heterocycles. The van der Waals surface area contributed by atoms with Gasteiger partial charge in [0.05, 0.1) is 17.0 Å². The van der Waals surface area contributed by atoms with Gasteiger partial charge in [-0.1, -0.05) is 13.3 Å². The van der Waals surface area contributed by atoms with Crippen molar-refractivity contribution in [1.29, 1.82) is 0 Å². The Morgan fingerprint density at radius 1 is 1.29 bits per heavy atom. The second-order valence-corrected chi connectivity index (χ2v) is 9.96. The Hall–Kier alpha value is -2.14. The Bertz CT molecular complexity index is 1150. The van der Waals surface area contributed by atoms with E-state index in [0.29, 0.717) is 23.7 Å². The maximum absolute atomic E-state index is 13.2. The van der Waals surface area contributed by atoms with Crippen molar-refractivity contribution in [2.24, 2.45) is 5.92 Å². The molecule has 8 nitrogen and oxygen atoms in total. The van der Waals surface area contributed by atoms with Gasteiger partial charge in [-0.3, -0.25) is 4.40 Å². The van der Waals surface area contributed by atoms with E-state index >= 15 is 0 Å². The van der Waals surface area contributed by atoms with Gasteiger partial charge in [0.15, 0.2) is 11.3 Å². The zero-order valence-electron chi connectivity index (χ0n) is 15.2. The van der Waals surface area contributed by atoms with Crippen LogP contribution in [0.4, 0.5) is 8.78 Å². The van der Waals surface area contributed by atoms with Crippen LogP contribution in [0.25, 0.3) is 16.8 Å². The van der Waals surface area contributed by atoms with Gasteiger partial charge in [-0.15, -0.1) is 10.2 Å². The number of H-pyrrole nitrogens is 1. The van der Waals surface area contributed by atoms with E-state index in [4.69, 9.17) is 0 Å². The predicted octanol–water partition coefficient (Wildman–Crippen LogP) is 2.16. The Morgan fingerprint density at radius 3 is 2.79 bits per heavy atom. The van der Waals surface area contributed by atoms with E-state index < -0.39 is 34.0 Å². The minimum atomic E-state index is -3.75. The van der Waals surface area contributed by atoms with Crippen LogP contribution in [0.15, 0.2) is 18.5 Å². The standard InChI is InChI=1S/C17H20F2N6O2S/c1-2-10-8-24(28(26,27)11-5-17(18,19)6-11)9-12(10)16-23-22-14-7-21-15-13(25(14)16)3-4-20-15/h3-4,7,10-12,20H,2,5-6,8-9H2,1H3. The number of rotatable bonds is 4. The van der Waals surface area contributed by atoms with Crippen LogP contribution < -0.4 is 0 Å². The average molecular weight is 410 g/mol. The SMILES string of the molecule is CCC1CN(S(=O)(=O)C2CC(F)(F)C2)CC1c1nnc2cnc3[nH]ccc3n12. The summed E-state index contributed by atoms with van der Waals surface area (Å²) in [5.41, 5.74) is 2.12. The van der Waals surface area contributed by atoms with Crippen molar-refractivity contribution in [2.75, 3.05) is 13.1 Å². The molecule has 1 aliphatic carbocycles. The summed E-state index contributed by atoms with van der Waals surface area (Å²) >= 11 is 0. The number of hydrogen-bond acceptors (Lipinski definition) is 5. The average Bonchev–Trinajstić information content (AvgIpc) is 3.34. The molecular weight excluding hydrogens is 390 g/mol. The number of aromatic amines is 1. The van der Waals surface area contributed by atoms with Crippen LogP contribution in [-0.4, -0.2) is 61.6 Å². The molecule has 0 radical (unpaired) electrons. The van der Waals surface area contributed by atoms with Gasteiger partial charge in [-0.05, 0) is 12.0 Å². The lowest BCUT2D eigenvalue weighted by Crippen LogP contribution is -2.49. The highest BCUT2D eigenvalue weighted by molar-refractivity contribution is 7.89. The highest BCUT2D eigenvalue weighted by atomic mass is 32.2. The topological polar surface area (TPSA) is 96.2 Å². The molecule has 1 saturated heterocycles. The highest BCUT2D eigenvalue weighted by Crippen LogP contribution is 2.45. The van der Waals surface area contributed by atoms with Crippen molar-refractivity contribution < 1.29 is 17.2 Å². The van der Waals surface area contributed by atoms with Gasteiger partial charge < -0.3 is 4.98 Å². The molecule has 3 aromatic heterocycles. The number of nitrogens with zero attached hydrogens (tertiary/aromatic N) is 5. The molecule has 1 saturated carbocycles. The zero-order chi connectivity index (χ0) is 19.7. The summed E-state index contributed by atoms with van der Waals surface area (Å²) in [6, 6.07) is 1.88. The summed E-state index contributed by atoms with van der Waals surface area (Å²) in [4.78, 5) is 7.35. The van der Waals surface area contributed by atoms with E-state index in [1.807, 2.05) is 17.4 Å². The van der Waals surface area contributed by atoms with Gasteiger partial charge in [0.1, 0.15) is 5.82 Å².